The summed E-state index contributed by atoms with van der Waals surface area (Å²) >= 11 is 0. The lowest BCUT2D eigenvalue weighted by Gasteiger charge is -2.19. The molecule has 0 radical (unpaired) electrons. The first-order valence-electron chi connectivity index (χ1n) is 6.27. The van der Waals surface area contributed by atoms with E-state index >= 15 is 0 Å². The van der Waals surface area contributed by atoms with Gasteiger partial charge < -0.3 is 11.1 Å². The van der Waals surface area contributed by atoms with E-state index in [4.69, 9.17) is 5.73 Å². The maximum atomic E-state index is 5.90. The summed E-state index contributed by atoms with van der Waals surface area (Å²) < 4.78 is 0. The number of nitrogens with zero attached hydrogens (tertiary/aromatic N) is 2. The summed E-state index contributed by atoms with van der Waals surface area (Å²) in [6.45, 7) is 11.8. The number of rotatable bonds is 5. The third-order valence-corrected chi connectivity index (χ3v) is 3.22. The highest BCUT2D eigenvalue weighted by Gasteiger charge is 2.14. The van der Waals surface area contributed by atoms with Crippen molar-refractivity contribution < 1.29 is 0 Å². The highest BCUT2D eigenvalue weighted by molar-refractivity contribution is 5.56. The Morgan fingerprint density at radius 2 is 1.82 bits per heavy atom. The van der Waals surface area contributed by atoms with E-state index in [1.165, 1.54) is 6.33 Å². The third-order valence-electron chi connectivity index (χ3n) is 3.22. The predicted molar refractivity (Wildman–Crippen MR) is 73.0 cm³/mol. The predicted octanol–water partition coefficient (Wildman–Crippen LogP) is 2.89. The van der Waals surface area contributed by atoms with E-state index in [2.05, 4.69) is 49.9 Å². The normalized spacial score (nSPS) is 13.1. The second kappa shape index (κ2) is 5.84. The molecule has 0 aromatic carbocycles. The molecule has 1 atom stereocenters. The molecule has 1 unspecified atom stereocenters. The number of hydrogen-bond acceptors (Lipinski definition) is 4. The molecule has 0 fully saturated rings. The Labute approximate surface area is 104 Å². The van der Waals surface area contributed by atoms with Gasteiger partial charge in [-0.05, 0) is 17.8 Å². The van der Waals surface area contributed by atoms with Gasteiger partial charge >= 0.3 is 0 Å². The zero-order chi connectivity index (χ0) is 13.0. The largest absolute Gasteiger partial charge is 0.383 e. The summed E-state index contributed by atoms with van der Waals surface area (Å²) in [5.74, 6) is 3.04. The summed E-state index contributed by atoms with van der Waals surface area (Å²) in [7, 11) is 0. The van der Waals surface area contributed by atoms with E-state index < -0.39 is 0 Å². The topological polar surface area (TPSA) is 63.8 Å². The maximum absolute atomic E-state index is 5.90. The third kappa shape index (κ3) is 3.58. The van der Waals surface area contributed by atoms with Crippen molar-refractivity contribution in [2.24, 2.45) is 11.8 Å². The van der Waals surface area contributed by atoms with E-state index in [1.54, 1.807) is 0 Å². The smallest absolute Gasteiger partial charge is 0.134 e. The molecule has 1 aromatic heterocycles. The zero-order valence-corrected chi connectivity index (χ0v) is 11.5. The van der Waals surface area contributed by atoms with Crippen LogP contribution < -0.4 is 11.1 Å². The SMILES string of the molecule is CC(C)c1c(N)ncnc1NCC(C)C(C)C. The molecule has 0 saturated heterocycles. The van der Waals surface area contributed by atoms with Gasteiger partial charge in [0.05, 0.1) is 0 Å². The molecule has 0 amide bonds. The van der Waals surface area contributed by atoms with E-state index in [1.807, 2.05) is 0 Å². The first-order valence-corrected chi connectivity index (χ1v) is 6.27. The van der Waals surface area contributed by atoms with Crippen LogP contribution in [0.3, 0.4) is 0 Å². The second-order valence-corrected chi connectivity index (χ2v) is 5.28. The number of nitrogens with one attached hydrogen (secondary N) is 1. The van der Waals surface area contributed by atoms with Gasteiger partial charge in [0.1, 0.15) is 18.0 Å². The fraction of sp³-hybridized carbons (Fsp3) is 0.692. The Bertz CT molecular complexity index is 360. The average Bonchev–Trinajstić information content (AvgIpc) is 2.24. The Morgan fingerprint density at radius 3 is 2.35 bits per heavy atom. The number of nitrogen functional groups attached to an aromatic ring is 1. The van der Waals surface area contributed by atoms with E-state index in [0.29, 0.717) is 23.6 Å². The van der Waals surface area contributed by atoms with Crippen LogP contribution in [0.4, 0.5) is 11.6 Å². The average molecular weight is 236 g/mol. The molecule has 4 nitrogen and oxygen atoms in total. The van der Waals surface area contributed by atoms with Crippen molar-refractivity contribution in [2.75, 3.05) is 17.6 Å². The van der Waals surface area contributed by atoms with Crippen LogP contribution in [0.25, 0.3) is 0 Å². The van der Waals surface area contributed by atoms with Crippen molar-refractivity contribution in [2.45, 2.75) is 40.5 Å². The van der Waals surface area contributed by atoms with Crippen LogP contribution in [0.15, 0.2) is 6.33 Å². The molecule has 0 aliphatic heterocycles. The van der Waals surface area contributed by atoms with Crippen molar-refractivity contribution in [1.82, 2.24) is 9.97 Å². The summed E-state index contributed by atoms with van der Waals surface area (Å²) in [6, 6.07) is 0. The summed E-state index contributed by atoms with van der Waals surface area (Å²) in [6.07, 6.45) is 1.52. The summed E-state index contributed by atoms with van der Waals surface area (Å²) in [4.78, 5) is 8.34. The second-order valence-electron chi connectivity index (χ2n) is 5.28. The molecular weight excluding hydrogens is 212 g/mol. The Hall–Kier alpha value is -1.32. The molecule has 0 aliphatic carbocycles. The molecular formula is C13H24N4. The molecule has 3 N–H and O–H groups in total. The summed E-state index contributed by atoms with van der Waals surface area (Å²) in [5, 5.41) is 3.39. The van der Waals surface area contributed by atoms with Gasteiger partial charge in [-0.1, -0.05) is 34.6 Å². The van der Waals surface area contributed by atoms with Crippen LogP contribution in [-0.4, -0.2) is 16.5 Å². The van der Waals surface area contributed by atoms with Gasteiger partial charge in [-0.15, -0.1) is 0 Å². The van der Waals surface area contributed by atoms with Gasteiger partial charge in [0.2, 0.25) is 0 Å². The van der Waals surface area contributed by atoms with Crippen molar-refractivity contribution in [1.29, 1.82) is 0 Å². The fourth-order valence-electron chi connectivity index (χ4n) is 1.61. The highest BCUT2D eigenvalue weighted by atomic mass is 15.0. The minimum absolute atomic E-state index is 0.327. The number of anilines is 2. The van der Waals surface area contributed by atoms with Crippen molar-refractivity contribution in [3.63, 3.8) is 0 Å². The van der Waals surface area contributed by atoms with Crippen LogP contribution in [0, 0.1) is 11.8 Å². The minimum Gasteiger partial charge on any atom is -0.383 e. The molecule has 0 spiro atoms. The van der Waals surface area contributed by atoms with Gasteiger partial charge in [-0.3, -0.25) is 0 Å². The van der Waals surface area contributed by atoms with Crippen LogP contribution in [0.5, 0.6) is 0 Å². The quantitative estimate of drug-likeness (QED) is 0.825. The van der Waals surface area contributed by atoms with E-state index in [9.17, 15) is 0 Å². The minimum atomic E-state index is 0.327. The summed E-state index contributed by atoms with van der Waals surface area (Å²) in [5.41, 5.74) is 6.91. The highest BCUT2D eigenvalue weighted by Crippen LogP contribution is 2.26. The van der Waals surface area contributed by atoms with E-state index in [0.717, 1.165) is 17.9 Å². The molecule has 0 aliphatic rings. The number of nitrogens with two attached hydrogens (primary N) is 1. The van der Waals surface area contributed by atoms with Crippen LogP contribution in [-0.2, 0) is 0 Å². The standard InChI is InChI=1S/C13H24N4/c1-8(2)10(5)6-15-13-11(9(3)4)12(14)16-7-17-13/h7-10H,6H2,1-5H3,(H3,14,15,16,17). The Kier molecular flexibility index (Phi) is 4.73. The van der Waals surface area contributed by atoms with Crippen LogP contribution >= 0.6 is 0 Å². The Balaban J connectivity index is 2.81. The van der Waals surface area contributed by atoms with Gasteiger partial charge in [0.15, 0.2) is 0 Å². The molecule has 1 aromatic rings. The Morgan fingerprint density at radius 1 is 1.18 bits per heavy atom. The van der Waals surface area contributed by atoms with Crippen molar-refractivity contribution >= 4 is 11.6 Å². The lowest BCUT2D eigenvalue weighted by atomic mass is 9.98. The molecule has 0 bridgehead atoms. The van der Waals surface area contributed by atoms with Crippen LogP contribution in [0.1, 0.15) is 46.1 Å². The zero-order valence-electron chi connectivity index (χ0n) is 11.5. The molecule has 96 valence electrons. The monoisotopic (exact) mass is 236 g/mol. The van der Waals surface area contributed by atoms with Gasteiger partial charge in [0.25, 0.3) is 0 Å². The van der Waals surface area contributed by atoms with Crippen molar-refractivity contribution in [3.05, 3.63) is 11.9 Å². The number of hydrogen-bond donors (Lipinski definition) is 2. The molecule has 0 saturated carbocycles. The van der Waals surface area contributed by atoms with Gasteiger partial charge in [-0.25, -0.2) is 9.97 Å². The first kappa shape index (κ1) is 13.7. The number of aromatic nitrogens is 2. The van der Waals surface area contributed by atoms with Crippen LogP contribution in [0.2, 0.25) is 0 Å². The first-order chi connectivity index (χ1) is 7.93. The lowest BCUT2D eigenvalue weighted by molar-refractivity contribution is 0.439. The van der Waals surface area contributed by atoms with Gasteiger partial charge in [0, 0.05) is 12.1 Å². The van der Waals surface area contributed by atoms with Crippen molar-refractivity contribution in [3.8, 4) is 0 Å². The van der Waals surface area contributed by atoms with E-state index in [-0.39, 0.29) is 0 Å². The lowest BCUT2D eigenvalue weighted by Crippen LogP contribution is -2.18. The van der Waals surface area contributed by atoms with Gasteiger partial charge in [-0.2, -0.15) is 0 Å². The fourth-order valence-corrected chi connectivity index (χ4v) is 1.61. The molecule has 1 heterocycles. The molecule has 4 heteroatoms. The molecule has 17 heavy (non-hydrogen) atoms. The maximum Gasteiger partial charge on any atom is 0.134 e. The molecule has 1 rings (SSSR count).